The van der Waals surface area contributed by atoms with E-state index in [1.54, 1.807) is 14.2 Å². The lowest BCUT2D eigenvalue weighted by Crippen LogP contribution is -2.47. The lowest BCUT2D eigenvalue weighted by atomic mass is 9.82. The Balaban J connectivity index is 1.24. The molecule has 3 aromatic rings. The van der Waals surface area contributed by atoms with E-state index >= 15 is 0 Å². The van der Waals surface area contributed by atoms with Gasteiger partial charge in [0.15, 0.2) is 11.9 Å². The number of benzene rings is 2. The van der Waals surface area contributed by atoms with E-state index < -0.39 is 12.1 Å². The average Bonchev–Trinajstić information content (AvgIpc) is 3.66. The summed E-state index contributed by atoms with van der Waals surface area (Å²) in [5.74, 6) is 1.66. The highest BCUT2D eigenvalue weighted by atomic mass is 17.1. The van der Waals surface area contributed by atoms with Crippen molar-refractivity contribution in [2.24, 2.45) is 0 Å². The molecular formula is C33H47N7O9. The van der Waals surface area contributed by atoms with Gasteiger partial charge in [0, 0.05) is 51.6 Å². The van der Waals surface area contributed by atoms with E-state index in [1.807, 2.05) is 18.2 Å². The van der Waals surface area contributed by atoms with Crippen molar-refractivity contribution in [2.75, 3.05) is 58.6 Å². The molecule has 5 rings (SSSR count). The third-order valence-electron chi connectivity index (χ3n) is 8.78. The number of nitrogens with zero attached hydrogens (tertiary/aromatic N) is 5. The molecule has 16 nitrogen and oxygen atoms in total. The Morgan fingerprint density at radius 3 is 2.73 bits per heavy atom. The first-order valence-electron chi connectivity index (χ1n) is 16.7. The van der Waals surface area contributed by atoms with Crippen LogP contribution in [0.2, 0.25) is 0 Å². The van der Waals surface area contributed by atoms with Crippen LogP contribution in [-0.2, 0) is 30.4 Å². The van der Waals surface area contributed by atoms with Gasteiger partial charge in [-0.05, 0) is 71.5 Å². The zero-order valence-electron chi connectivity index (χ0n) is 28.0. The third-order valence-corrected chi connectivity index (χ3v) is 8.78. The predicted octanol–water partition coefficient (Wildman–Crippen LogP) is 3.33. The van der Waals surface area contributed by atoms with E-state index in [0.717, 1.165) is 47.8 Å². The maximum atomic E-state index is 12.8. The van der Waals surface area contributed by atoms with Crippen LogP contribution in [-0.4, -0.2) is 108 Å². The smallest absolute Gasteiger partial charge is 0.306 e. The fourth-order valence-corrected chi connectivity index (χ4v) is 6.28. The van der Waals surface area contributed by atoms with Gasteiger partial charge in [-0.1, -0.05) is 18.2 Å². The minimum atomic E-state index is -0.694. The van der Waals surface area contributed by atoms with E-state index in [9.17, 15) is 4.79 Å². The topological polar surface area (TPSA) is 186 Å². The molecule has 0 saturated carbocycles. The number of methoxy groups -OCH3 is 2. The molecule has 16 heteroatoms. The SMILES string of the molecule is COCCCN1CCOc2ccc(COC3CNC(CC(OC(=O)CCCCON(O)O)c4nnn[nH]4)CC3c3ccc(OC)cc3)cc21. The number of aromatic nitrogens is 4. The predicted molar refractivity (Wildman–Crippen MR) is 174 cm³/mol. The number of hydrogen-bond acceptors (Lipinski definition) is 15. The van der Waals surface area contributed by atoms with Gasteiger partial charge < -0.3 is 33.9 Å². The molecule has 4 N–H and O–H groups in total. The highest BCUT2D eigenvalue weighted by molar-refractivity contribution is 5.69. The summed E-state index contributed by atoms with van der Waals surface area (Å²) in [6.45, 7) is 4.17. The molecule has 1 saturated heterocycles. The average molecular weight is 686 g/mol. The summed E-state index contributed by atoms with van der Waals surface area (Å²) in [5.41, 5.74) is 3.27. The summed E-state index contributed by atoms with van der Waals surface area (Å²) in [4.78, 5) is 19.6. The molecule has 1 aromatic heterocycles. The van der Waals surface area contributed by atoms with Gasteiger partial charge in [0.05, 0.1) is 44.0 Å². The number of aromatic amines is 1. The zero-order chi connectivity index (χ0) is 34.4. The lowest BCUT2D eigenvalue weighted by Gasteiger charge is -2.38. The summed E-state index contributed by atoms with van der Waals surface area (Å²) < 4.78 is 29.1. The first-order chi connectivity index (χ1) is 23.9. The van der Waals surface area contributed by atoms with Gasteiger partial charge in [-0.2, -0.15) is 0 Å². The van der Waals surface area contributed by atoms with Gasteiger partial charge in [-0.15, -0.1) is 5.10 Å². The van der Waals surface area contributed by atoms with Crippen LogP contribution in [0.1, 0.15) is 67.5 Å². The molecule has 0 bridgehead atoms. The molecule has 2 aliphatic heterocycles. The maximum absolute atomic E-state index is 12.8. The normalized spacial score (nSPS) is 19.7. The van der Waals surface area contributed by atoms with Crippen molar-refractivity contribution < 1.29 is 43.7 Å². The van der Waals surface area contributed by atoms with Crippen LogP contribution in [0.15, 0.2) is 42.5 Å². The molecule has 2 aliphatic rings. The highest BCUT2D eigenvalue weighted by Gasteiger charge is 2.35. The summed E-state index contributed by atoms with van der Waals surface area (Å²) >= 11 is 0. The molecule has 3 heterocycles. The highest BCUT2D eigenvalue weighted by Crippen LogP contribution is 2.36. The third kappa shape index (κ3) is 10.8. The van der Waals surface area contributed by atoms with Crippen LogP contribution in [0.25, 0.3) is 0 Å². The number of carbonyl (C=O) groups is 1. The Labute approximate surface area is 285 Å². The number of unbranched alkanes of at least 4 members (excludes halogenated alkanes) is 1. The van der Waals surface area contributed by atoms with Crippen LogP contribution >= 0.6 is 0 Å². The minimum Gasteiger partial charge on any atom is -0.497 e. The molecule has 49 heavy (non-hydrogen) atoms. The Bertz CT molecular complexity index is 1410. The number of hydrogen-bond donors (Lipinski definition) is 4. The molecule has 2 aromatic carbocycles. The molecule has 4 unspecified atom stereocenters. The van der Waals surface area contributed by atoms with Crippen molar-refractivity contribution >= 4 is 11.7 Å². The van der Waals surface area contributed by atoms with E-state index in [2.05, 4.69) is 59.9 Å². The number of ether oxygens (including phenoxy) is 5. The number of nitrogens with one attached hydrogen (secondary N) is 2. The summed E-state index contributed by atoms with van der Waals surface area (Å²) in [6.07, 6.45) is 2.28. The van der Waals surface area contributed by atoms with Gasteiger partial charge in [0.1, 0.15) is 18.1 Å². The summed E-state index contributed by atoms with van der Waals surface area (Å²) in [5, 5.41) is 34.7. The number of piperidine rings is 1. The second-order valence-electron chi connectivity index (χ2n) is 12.1. The van der Waals surface area contributed by atoms with E-state index in [4.69, 9.17) is 34.1 Å². The zero-order valence-corrected chi connectivity index (χ0v) is 28.0. The molecular weight excluding hydrogens is 638 g/mol. The van der Waals surface area contributed by atoms with Gasteiger partial charge in [0.2, 0.25) is 0 Å². The van der Waals surface area contributed by atoms with Crippen molar-refractivity contribution in [3.8, 4) is 11.5 Å². The van der Waals surface area contributed by atoms with E-state index in [-0.39, 0.29) is 36.5 Å². The van der Waals surface area contributed by atoms with Crippen molar-refractivity contribution in [1.29, 1.82) is 0 Å². The van der Waals surface area contributed by atoms with Gasteiger partial charge in [0.25, 0.3) is 0 Å². The standard InChI is InChI=1S/C33H47N7O9/c1-44-15-5-13-39-14-17-46-29-12-7-23(18-28(29)39)22-47-31-21-34-25(19-27(31)24-8-10-26(45-2)11-9-24)20-30(33-35-37-38-36-33)49-32(41)6-3-4-16-48-40(42)43/h7-12,18,25,27,30-31,34,42-43H,3-6,13-17,19-22H2,1-2H3,(H,35,36,37,38). The van der Waals surface area contributed by atoms with Crippen LogP contribution in [0.5, 0.6) is 11.5 Å². The van der Waals surface area contributed by atoms with Crippen LogP contribution in [0.4, 0.5) is 5.69 Å². The maximum Gasteiger partial charge on any atom is 0.306 e. The van der Waals surface area contributed by atoms with Crippen molar-refractivity contribution in [3.05, 3.63) is 59.4 Å². The number of fused-ring (bicyclic) bond motifs is 1. The first kappa shape index (κ1) is 36.4. The fourth-order valence-electron chi connectivity index (χ4n) is 6.28. The van der Waals surface area contributed by atoms with E-state index in [0.29, 0.717) is 57.9 Å². The number of esters is 1. The molecule has 268 valence electrons. The number of anilines is 1. The Morgan fingerprint density at radius 2 is 1.98 bits per heavy atom. The lowest BCUT2D eigenvalue weighted by molar-refractivity contribution is -0.492. The molecule has 0 spiro atoms. The molecule has 0 aliphatic carbocycles. The molecule has 4 atom stereocenters. The van der Waals surface area contributed by atoms with Gasteiger partial charge >= 0.3 is 5.97 Å². The van der Waals surface area contributed by atoms with Crippen molar-refractivity contribution in [1.82, 2.24) is 31.3 Å². The number of carbonyl (C=O) groups excluding carboxylic acids is 1. The fraction of sp³-hybridized carbons (Fsp3) is 0.576. The van der Waals surface area contributed by atoms with Crippen LogP contribution < -0.4 is 19.7 Å². The van der Waals surface area contributed by atoms with Crippen LogP contribution in [0, 0.1) is 0 Å². The quantitative estimate of drug-likeness (QED) is 0.0817. The number of H-pyrrole nitrogens is 1. The first-order valence-corrected chi connectivity index (χ1v) is 16.7. The Morgan fingerprint density at radius 1 is 1.12 bits per heavy atom. The van der Waals surface area contributed by atoms with Crippen molar-refractivity contribution in [3.63, 3.8) is 0 Å². The van der Waals surface area contributed by atoms with Crippen LogP contribution in [0.3, 0.4) is 0 Å². The number of rotatable bonds is 19. The Kier molecular flexibility index (Phi) is 13.9. The van der Waals surface area contributed by atoms with Crippen molar-refractivity contribution in [2.45, 2.75) is 69.3 Å². The largest absolute Gasteiger partial charge is 0.497 e. The second-order valence-corrected chi connectivity index (χ2v) is 12.1. The minimum absolute atomic E-state index is 0.0371. The summed E-state index contributed by atoms with van der Waals surface area (Å²) in [7, 11) is 3.37. The monoisotopic (exact) mass is 685 g/mol. The molecule has 0 radical (unpaired) electrons. The van der Waals surface area contributed by atoms with Gasteiger partial charge in [-0.25, -0.2) is 5.10 Å². The molecule has 1 fully saturated rings. The summed E-state index contributed by atoms with van der Waals surface area (Å²) in [6, 6.07) is 14.3. The second kappa shape index (κ2) is 18.7. The number of tetrazole rings is 1. The van der Waals surface area contributed by atoms with Gasteiger partial charge in [-0.3, -0.25) is 20.0 Å². The Hall–Kier alpha value is -3.90. The molecule has 0 amide bonds. The van der Waals surface area contributed by atoms with E-state index in [1.165, 1.54) is 0 Å².